The molecule has 0 radical (unpaired) electrons. The molecule has 4 heteroatoms. The molecule has 3 N–H and O–H groups in total. The van der Waals surface area contributed by atoms with Crippen molar-refractivity contribution in [3.63, 3.8) is 0 Å². The van der Waals surface area contributed by atoms with Crippen LogP contribution >= 0.6 is 0 Å². The van der Waals surface area contributed by atoms with E-state index in [1.807, 2.05) is 19.1 Å². The monoisotopic (exact) mass is 237 g/mol. The van der Waals surface area contributed by atoms with Crippen molar-refractivity contribution in [3.05, 3.63) is 18.3 Å². The molecule has 1 heterocycles. The average molecular weight is 237 g/mol. The highest BCUT2D eigenvalue weighted by molar-refractivity contribution is 5.49. The van der Waals surface area contributed by atoms with Crippen molar-refractivity contribution in [3.8, 4) is 5.75 Å². The number of ether oxygens (including phenoxy) is 1. The predicted octanol–water partition coefficient (Wildman–Crippen LogP) is 2.41. The van der Waals surface area contributed by atoms with Crippen LogP contribution < -0.4 is 15.8 Å². The molecule has 0 fully saturated rings. The van der Waals surface area contributed by atoms with Gasteiger partial charge in [0.25, 0.3) is 0 Å². The number of nitrogens with two attached hydrogens (primary N) is 1. The summed E-state index contributed by atoms with van der Waals surface area (Å²) in [6, 6.07) is 3.78. The van der Waals surface area contributed by atoms with Gasteiger partial charge in [-0.15, -0.1) is 0 Å². The maximum Gasteiger partial charge on any atom is 0.168 e. The van der Waals surface area contributed by atoms with Crippen LogP contribution in [0, 0.1) is 0 Å². The van der Waals surface area contributed by atoms with Gasteiger partial charge in [0.15, 0.2) is 11.6 Å². The highest BCUT2D eigenvalue weighted by atomic mass is 16.5. The second kappa shape index (κ2) is 6.45. The van der Waals surface area contributed by atoms with E-state index in [0.717, 1.165) is 24.4 Å². The van der Waals surface area contributed by atoms with Gasteiger partial charge in [0.05, 0.1) is 6.61 Å². The van der Waals surface area contributed by atoms with E-state index in [4.69, 9.17) is 10.5 Å². The minimum absolute atomic E-state index is 0.180. The summed E-state index contributed by atoms with van der Waals surface area (Å²) in [7, 11) is 0. The number of nitrogens with one attached hydrogen (secondary N) is 1. The van der Waals surface area contributed by atoms with Gasteiger partial charge in [0, 0.05) is 18.3 Å². The Kier molecular flexibility index (Phi) is 5.22. The molecule has 1 aromatic heterocycles. The molecule has 1 aromatic rings. The summed E-state index contributed by atoms with van der Waals surface area (Å²) in [5.74, 6) is 1.55. The topological polar surface area (TPSA) is 60.2 Å². The van der Waals surface area contributed by atoms with Gasteiger partial charge in [-0.2, -0.15) is 0 Å². The van der Waals surface area contributed by atoms with Crippen LogP contribution in [-0.2, 0) is 0 Å². The summed E-state index contributed by atoms with van der Waals surface area (Å²) in [5, 5.41) is 3.28. The summed E-state index contributed by atoms with van der Waals surface area (Å²) in [6.07, 6.45) is 3.63. The number of rotatable bonds is 7. The van der Waals surface area contributed by atoms with E-state index in [-0.39, 0.29) is 5.54 Å². The van der Waals surface area contributed by atoms with Crippen LogP contribution in [0.2, 0.25) is 0 Å². The van der Waals surface area contributed by atoms with Crippen molar-refractivity contribution in [2.75, 3.05) is 18.5 Å². The number of anilines is 1. The zero-order chi connectivity index (χ0) is 12.7. The van der Waals surface area contributed by atoms with Crippen LogP contribution in [0.1, 0.15) is 33.6 Å². The van der Waals surface area contributed by atoms with E-state index in [1.165, 1.54) is 0 Å². The van der Waals surface area contributed by atoms with Gasteiger partial charge in [0.2, 0.25) is 0 Å². The molecule has 96 valence electrons. The zero-order valence-corrected chi connectivity index (χ0v) is 11.0. The average Bonchev–Trinajstić information content (AvgIpc) is 2.38. The van der Waals surface area contributed by atoms with E-state index in [9.17, 15) is 0 Å². The number of nitrogens with zero attached hydrogens (tertiary/aromatic N) is 1. The second-order valence-electron chi connectivity index (χ2n) is 4.21. The summed E-state index contributed by atoms with van der Waals surface area (Å²) >= 11 is 0. The molecule has 0 aromatic carbocycles. The molecule has 0 unspecified atom stereocenters. The van der Waals surface area contributed by atoms with Gasteiger partial charge in [-0.3, -0.25) is 0 Å². The van der Waals surface area contributed by atoms with Crippen molar-refractivity contribution in [1.29, 1.82) is 0 Å². The Morgan fingerprint density at radius 3 is 2.65 bits per heavy atom. The molecule has 0 aliphatic rings. The Balaban J connectivity index is 2.68. The van der Waals surface area contributed by atoms with Gasteiger partial charge in [-0.25, -0.2) is 4.98 Å². The van der Waals surface area contributed by atoms with Gasteiger partial charge in [0.1, 0.15) is 0 Å². The normalized spacial score (nSPS) is 11.3. The van der Waals surface area contributed by atoms with Crippen LogP contribution in [-0.4, -0.2) is 23.7 Å². The van der Waals surface area contributed by atoms with Crippen molar-refractivity contribution in [1.82, 2.24) is 4.98 Å². The van der Waals surface area contributed by atoms with Crippen LogP contribution in [0.15, 0.2) is 18.3 Å². The Bertz CT molecular complexity index is 337. The lowest BCUT2D eigenvalue weighted by Crippen LogP contribution is -2.45. The van der Waals surface area contributed by atoms with Crippen molar-refractivity contribution in [2.24, 2.45) is 5.73 Å². The molecule has 0 amide bonds. The molecular weight excluding hydrogens is 214 g/mol. The molecule has 17 heavy (non-hydrogen) atoms. The number of hydrogen-bond donors (Lipinski definition) is 2. The highest BCUT2D eigenvalue weighted by Crippen LogP contribution is 2.22. The Hall–Kier alpha value is -1.29. The van der Waals surface area contributed by atoms with Gasteiger partial charge in [-0.1, -0.05) is 13.8 Å². The minimum atomic E-state index is -0.180. The summed E-state index contributed by atoms with van der Waals surface area (Å²) in [4.78, 5) is 4.28. The molecule has 0 aliphatic heterocycles. The van der Waals surface area contributed by atoms with Gasteiger partial charge in [-0.05, 0) is 31.9 Å². The molecule has 0 saturated heterocycles. The van der Waals surface area contributed by atoms with Gasteiger partial charge < -0.3 is 15.8 Å². The zero-order valence-electron chi connectivity index (χ0n) is 11.0. The lowest BCUT2D eigenvalue weighted by molar-refractivity contribution is 0.339. The fraction of sp³-hybridized carbons (Fsp3) is 0.615. The summed E-state index contributed by atoms with van der Waals surface area (Å²) in [5.41, 5.74) is 6.06. The van der Waals surface area contributed by atoms with E-state index in [1.54, 1.807) is 6.20 Å². The molecule has 0 saturated carbocycles. The van der Waals surface area contributed by atoms with Crippen LogP contribution in [0.3, 0.4) is 0 Å². The Morgan fingerprint density at radius 2 is 2.06 bits per heavy atom. The molecule has 0 atom stereocenters. The molecule has 1 rings (SSSR count). The van der Waals surface area contributed by atoms with Crippen LogP contribution in [0.4, 0.5) is 5.82 Å². The third-order valence-corrected chi connectivity index (χ3v) is 3.09. The van der Waals surface area contributed by atoms with Gasteiger partial charge >= 0.3 is 0 Å². The second-order valence-corrected chi connectivity index (χ2v) is 4.21. The van der Waals surface area contributed by atoms with Crippen molar-refractivity contribution >= 4 is 5.82 Å². The first kappa shape index (κ1) is 13.8. The SMILES string of the molecule is CCOc1cccnc1NCC(N)(CC)CC. The predicted molar refractivity (Wildman–Crippen MR) is 71.4 cm³/mol. The fourth-order valence-electron chi connectivity index (χ4n) is 1.56. The first-order valence-electron chi connectivity index (χ1n) is 6.25. The number of hydrogen-bond acceptors (Lipinski definition) is 4. The van der Waals surface area contributed by atoms with E-state index < -0.39 is 0 Å². The number of pyridine rings is 1. The fourth-order valence-corrected chi connectivity index (χ4v) is 1.56. The summed E-state index contributed by atoms with van der Waals surface area (Å²) in [6.45, 7) is 7.51. The standard InChI is InChI=1S/C13H23N3O/c1-4-13(14,5-2)10-16-12-11(17-6-3)8-7-9-15-12/h7-9H,4-6,10,14H2,1-3H3,(H,15,16). The third kappa shape index (κ3) is 3.89. The minimum Gasteiger partial charge on any atom is -0.490 e. The van der Waals surface area contributed by atoms with Crippen LogP contribution in [0.5, 0.6) is 5.75 Å². The number of aromatic nitrogens is 1. The maximum atomic E-state index is 6.24. The lowest BCUT2D eigenvalue weighted by Gasteiger charge is -2.27. The Morgan fingerprint density at radius 1 is 1.35 bits per heavy atom. The molecular formula is C13H23N3O. The largest absolute Gasteiger partial charge is 0.490 e. The van der Waals surface area contributed by atoms with Crippen molar-refractivity contribution < 1.29 is 4.74 Å². The molecule has 0 aliphatic carbocycles. The lowest BCUT2D eigenvalue weighted by atomic mass is 9.94. The highest BCUT2D eigenvalue weighted by Gasteiger charge is 2.20. The third-order valence-electron chi connectivity index (χ3n) is 3.09. The maximum absolute atomic E-state index is 6.24. The molecule has 0 bridgehead atoms. The quantitative estimate of drug-likeness (QED) is 0.764. The summed E-state index contributed by atoms with van der Waals surface area (Å²) < 4.78 is 5.50. The first-order chi connectivity index (χ1) is 8.15. The van der Waals surface area contributed by atoms with Crippen molar-refractivity contribution in [2.45, 2.75) is 39.2 Å². The molecule has 0 spiro atoms. The Labute approximate surface area is 104 Å². The first-order valence-corrected chi connectivity index (χ1v) is 6.25. The van der Waals surface area contributed by atoms with E-state index in [0.29, 0.717) is 13.2 Å². The van der Waals surface area contributed by atoms with Crippen LogP contribution in [0.25, 0.3) is 0 Å². The molecule has 4 nitrogen and oxygen atoms in total. The smallest absolute Gasteiger partial charge is 0.168 e. The van der Waals surface area contributed by atoms with E-state index in [2.05, 4.69) is 24.1 Å². The van der Waals surface area contributed by atoms with E-state index >= 15 is 0 Å².